The molecule has 0 atom stereocenters. The van der Waals surface area contributed by atoms with Crippen molar-refractivity contribution in [3.8, 4) is 0 Å². The van der Waals surface area contributed by atoms with E-state index in [2.05, 4.69) is 5.32 Å². The summed E-state index contributed by atoms with van der Waals surface area (Å²) in [5.74, 6) is -0.349. The summed E-state index contributed by atoms with van der Waals surface area (Å²) in [5, 5.41) is 3.30. The zero-order valence-corrected chi connectivity index (χ0v) is 13.9. The van der Waals surface area contributed by atoms with E-state index in [4.69, 9.17) is 0 Å². The number of anilines is 2. The first-order valence-electron chi connectivity index (χ1n) is 7.74. The molecule has 1 aliphatic rings. The first-order valence-corrected chi connectivity index (χ1v) is 7.74. The van der Waals surface area contributed by atoms with E-state index < -0.39 is 5.54 Å². The first-order chi connectivity index (χ1) is 10.8. The molecule has 1 amide bonds. The molecule has 0 fully saturated rings. The van der Waals surface area contributed by atoms with Crippen molar-refractivity contribution in [3.63, 3.8) is 0 Å². The molecule has 0 aliphatic carbocycles. The largest absolute Gasteiger partial charge is 0.370 e. The monoisotopic (exact) mass is 312 g/mol. The van der Waals surface area contributed by atoms with E-state index in [0.717, 1.165) is 22.5 Å². The third kappa shape index (κ3) is 2.69. The zero-order valence-electron chi connectivity index (χ0n) is 13.9. The number of carbonyl (C=O) groups is 1. The highest BCUT2D eigenvalue weighted by atomic mass is 19.1. The maximum Gasteiger partial charge on any atom is 0.252 e. The van der Waals surface area contributed by atoms with Gasteiger partial charge in [0.05, 0.1) is 17.9 Å². The van der Waals surface area contributed by atoms with Crippen molar-refractivity contribution in [1.29, 1.82) is 0 Å². The molecule has 0 spiro atoms. The molecule has 1 heterocycles. The minimum Gasteiger partial charge on any atom is -0.370 e. The second-order valence-electron chi connectivity index (χ2n) is 6.69. The Hall–Kier alpha value is -2.36. The highest BCUT2D eigenvalue weighted by Crippen LogP contribution is 2.38. The lowest BCUT2D eigenvalue weighted by Crippen LogP contribution is -2.53. The summed E-state index contributed by atoms with van der Waals surface area (Å²) in [5.41, 5.74) is 3.78. The average Bonchev–Trinajstić information content (AvgIpc) is 2.48. The molecule has 120 valence electrons. The lowest BCUT2D eigenvalue weighted by atomic mass is 9.95. The molecule has 0 aromatic heterocycles. The zero-order chi connectivity index (χ0) is 16.8. The molecule has 3 rings (SSSR count). The number of carbonyl (C=O) groups excluding carboxylic acids is 1. The summed E-state index contributed by atoms with van der Waals surface area (Å²) >= 11 is 0. The van der Waals surface area contributed by atoms with Gasteiger partial charge in [-0.05, 0) is 57.0 Å². The Morgan fingerprint density at radius 1 is 1.13 bits per heavy atom. The van der Waals surface area contributed by atoms with E-state index >= 15 is 0 Å². The number of rotatable bonds is 2. The Balaban J connectivity index is 2.10. The van der Waals surface area contributed by atoms with Gasteiger partial charge in [0, 0.05) is 5.56 Å². The van der Waals surface area contributed by atoms with Gasteiger partial charge < -0.3 is 10.2 Å². The number of fused-ring (bicyclic) bond motifs is 1. The summed E-state index contributed by atoms with van der Waals surface area (Å²) in [4.78, 5) is 14.5. The molecular formula is C19H21FN2O. The van der Waals surface area contributed by atoms with Gasteiger partial charge in [0.2, 0.25) is 0 Å². The molecule has 2 aromatic carbocycles. The quantitative estimate of drug-likeness (QED) is 0.902. The van der Waals surface area contributed by atoms with E-state index in [9.17, 15) is 9.18 Å². The van der Waals surface area contributed by atoms with Gasteiger partial charge >= 0.3 is 0 Å². The molecule has 0 saturated carbocycles. The van der Waals surface area contributed by atoms with Gasteiger partial charge in [0.15, 0.2) is 0 Å². The molecule has 0 saturated heterocycles. The number of hydrogen-bond acceptors (Lipinski definition) is 2. The fourth-order valence-corrected chi connectivity index (χ4v) is 2.92. The van der Waals surface area contributed by atoms with Crippen LogP contribution in [0.25, 0.3) is 0 Å². The third-order valence-corrected chi connectivity index (χ3v) is 4.42. The summed E-state index contributed by atoms with van der Waals surface area (Å²) in [7, 11) is 0. The Labute approximate surface area is 136 Å². The summed E-state index contributed by atoms with van der Waals surface area (Å²) in [6, 6.07) is 10.6. The van der Waals surface area contributed by atoms with E-state index in [-0.39, 0.29) is 18.3 Å². The summed E-state index contributed by atoms with van der Waals surface area (Å²) in [6.07, 6.45) is 0. The second kappa shape index (κ2) is 5.37. The Morgan fingerprint density at radius 2 is 1.78 bits per heavy atom. The second-order valence-corrected chi connectivity index (χ2v) is 6.69. The highest BCUT2D eigenvalue weighted by Gasteiger charge is 2.39. The van der Waals surface area contributed by atoms with Gasteiger partial charge in [-0.2, -0.15) is 0 Å². The van der Waals surface area contributed by atoms with Crippen LogP contribution >= 0.6 is 0 Å². The van der Waals surface area contributed by atoms with Crippen LogP contribution in [0.2, 0.25) is 0 Å². The highest BCUT2D eigenvalue weighted by molar-refractivity contribution is 6.07. The van der Waals surface area contributed by atoms with Crippen molar-refractivity contribution in [1.82, 2.24) is 0 Å². The number of hydrogen-bond donors (Lipinski definition) is 1. The van der Waals surface area contributed by atoms with Crippen LogP contribution < -0.4 is 10.2 Å². The SMILES string of the molecule is Cc1cc2c(cc1C)N(Cc1ccccc1F)C(=O)C(C)(C)N2. The Bertz CT molecular complexity index is 783. The molecule has 1 aliphatic heterocycles. The van der Waals surface area contributed by atoms with Crippen LogP contribution in [0, 0.1) is 19.7 Å². The smallest absolute Gasteiger partial charge is 0.252 e. The van der Waals surface area contributed by atoms with Crippen LogP contribution in [0.3, 0.4) is 0 Å². The Kier molecular flexibility index (Phi) is 3.63. The van der Waals surface area contributed by atoms with Crippen molar-refractivity contribution in [2.24, 2.45) is 0 Å². The van der Waals surface area contributed by atoms with Gasteiger partial charge in [0.25, 0.3) is 5.91 Å². The van der Waals surface area contributed by atoms with Crippen molar-refractivity contribution >= 4 is 17.3 Å². The van der Waals surface area contributed by atoms with Gasteiger partial charge in [-0.25, -0.2) is 4.39 Å². The minimum absolute atomic E-state index is 0.0588. The topological polar surface area (TPSA) is 32.3 Å². The van der Waals surface area contributed by atoms with Crippen molar-refractivity contribution in [2.45, 2.75) is 39.8 Å². The van der Waals surface area contributed by atoms with Crippen LogP contribution in [0.15, 0.2) is 36.4 Å². The molecular weight excluding hydrogens is 291 g/mol. The van der Waals surface area contributed by atoms with Crippen LogP contribution in [0.1, 0.15) is 30.5 Å². The third-order valence-electron chi connectivity index (χ3n) is 4.42. The van der Waals surface area contributed by atoms with Crippen LogP contribution in [-0.4, -0.2) is 11.4 Å². The van der Waals surface area contributed by atoms with E-state index in [1.165, 1.54) is 6.07 Å². The number of aryl methyl sites for hydroxylation is 2. The molecule has 23 heavy (non-hydrogen) atoms. The van der Waals surface area contributed by atoms with Crippen LogP contribution in [0.4, 0.5) is 15.8 Å². The van der Waals surface area contributed by atoms with Gasteiger partial charge in [-0.3, -0.25) is 4.79 Å². The Morgan fingerprint density at radius 3 is 2.48 bits per heavy atom. The van der Waals surface area contributed by atoms with Gasteiger partial charge in [-0.15, -0.1) is 0 Å². The van der Waals surface area contributed by atoms with Gasteiger partial charge in [0.1, 0.15) is 11.4 Å². The fraction of sp³-hybridized carbons (Fsp3) is 0.316. The lowest BCUT2D eigenvalue weighted by molar-refractivity contribution is -0.122. The minimum atomic E-state index is -0.722. The van der Waals surface area contributed by atoms with Crippen molar-refractivity contribution in [3.05, 3.63) is 58.9 Å². The number of amides is 1. The number of nitrogens with zero attached hydrogens (tertiary/aromatic N) is 1. The molecule has 0 unspecified atom stereocenters. The molecule has 4 heteroatoms. The predicted octanol–water partition coefficient (Wildman–Crippen LogP) is 4.18. The fourth-order valence-electron chi connectivity index (χ4n) is 2.92. The number of nitrogens with one attached hydrogen (secondary N) is 1. The van der Waals surface area contributed by atoms with E-state index in [1.54, 1.807) is 23.1 Å². The first kappa shape index (κ1) is 15.5. The van der Waals surface area contributed by atoms with E-state index in [1.807, 2.05) is 39.8 Å². The summed E-state index contributed by atoms with van der Waals surface area (Å²) < 4.78 is 14.0. The number of benzene rings is 2. The normalized spacial score (nSPS) is 16.0. The number of halogens is 1. The van der Waals surface area contributed by atoms with Gasteiger partial charge in [-0.1, -0.05) is 18.2 Å². The van der Waals surface area contributed by atoms with Crippen molar-refractivity contribution in [2.75, 3.05) is 10.2 Å². The van der Waals surface area contributed by atoms with Crippen LogP contribution in [-0.2, 0) is 11.3 Å². The summed E-state index contributed by atoms with van der Waals surface area (Å²) in [6.45, 7) is 7.98. The standard InChI is InChI=1S/C19H21FN2O/c1-12-9-16-17(10-13(12)2)22(18(23)19(3,4)21-16)11-14-7-5-6-8-15(14)20/h5-10,21H,11H2,1-4H3. The maximum atomic E-state index is 14.0. The molecule has 2 aromatic rings. The van der Waals surface area contributed by atoms with Crippen molar-refractivity contribution < 1.29 is 9.18 Å². The molecule has 0 bridgehead atoms. The molecule has 1 N–H and O–H groups in total. The average molecular weight is 312 g/mol. The van der Waals surface area contributed by atoms with E-state index in [0.29, 0.717) is 5.56 Å². The lowest BCUT2D eigenvalue weighted by Gasteiger charge is -2.40. The predicted molar refractivity (Wildman–Crippen MR) is 91.2 cm³/mol. The maximum absolute atomic E-state index is 14.0. The molecule has 3 nitrogen and oxygen atoms in total. The molecule has 0 radical (unpaired) electrons. The van der Waals surface area contributed by atoms with Crippen LogP contribution in [0.5, 0.6) is 0 Å².